The van der Waals surface area contributed by atoms with Gasteiger partial charge >= 0.3 is 20.1 Å². The van der Waals surface area contributed by atoms with E-state index in [9.17, 15) is 0 Å². The van der Waals surface area contributed by atoms with Crippen molar-refractivity contribution in [2.24, 2.45) is 0 Å². The Bertz CT molecular complexity index is 3890. The third-order valence-corrected chi connectivity index (χ3v) is 13.2. The molecule has 13 aromatic rings. The zero-order valence-corrected chi connectivity index (χ0v) is 42.7. The second kappa shape index (κ2) is 21.9. The van der Waals surface area contributed by atoms with E-state index < -0.39 is 0 Å². The van der Waals surface area contributed by atoms with Crippen LogP contribution in [0.25, 0.3) is 83.3 Å². The van der Waals surface area contributed by atoms with Crippen LogP contribution in [0.1, 0.15) is 22.3 Å². The fourth-order valence-corrected chi connectivity index (χ4v) is 9.58. The summed E-state index contributed by atoms with van der Waals surface area (Å²) in [5.74, 6) is 2.53. The van der Waals surface area contributed by atoms with E-state index >= 15 is 0 Å². The molecule has 0 bridgehead atoms. The number of furan rings is 1. The molecule has 4 aromatic heterocycles. The molecule has 0 saturated carbocycles. The van der Waals surface area contributed by atoms with Crippen molar-refractivity contribution in [3.8, 4) is 51.1 Å². The first-order valence-corrected chi connectivity index (χ1v) is 24.6. The molecule has 0 aliphatic carbocycles. The van der Waals surface area contributed by atoms with Crippen LogP contribution < -0.4 is 4.74 Å². The maximum absolute atomic E-state index is 6.55. The number of rotatable bonds is 12. The number of ether oxygens (including phenoxy) is 1. The van der Waals surface area contributed by atoms with E-state index in [4.69, 9.17) is 14.1 Å². The number of hydrogen-bond acceptors (Lipinski definition) is 5. The molecular formula is C67H47IrN4O2. The van der Waals surface area contributed by atoms with E-state index in [1.54, 1.807) is 0 Å². The summed E-state index contributed by atoms with van der Waals surface area (Å²) >= 11 is 0. The maximum Gasteiger partial charge on any atom is 3.00 e. The van der Waals surface area contributed by atoms with E-state index in [0.29, 0.717) is 0 Å². The number of aryl methyl sites for hydroxylation is 4. The van der Waals surface area contributed by atoms with Crippen LogP contribution in [0.2, 0.25) is 0 Å². The molecule has 0 radical (unpaired) electrons. The molecular weight excluding hydrogens is 1080 g/mol. The van der Waals surface area contributed by atoms with Crippen LogP contribution in [-0.4, -0.2) is 19.5 Å². The SMILES string of the molecule is [Ir+3].[c-]1ccc2c(oc3c4ccccc4ccc23)c1-c1nc2ccccc2n1-c1ccccc1.[c-]1ccccc1-c1cc(CCc2cccc(Oc3cccc(CCc4cc[c-]c(-c5ccccn5)c4)c3)c2)ccn1. The minimum absolute atomic E-state index is 0. The van der Waals surface area contributed by atoms with Crippen LogP contribution in [0.5, 0.6) is 11.5 Å². The average molecular weight is 1130 g/mol. The fraction of sp³-hybridized carbons (Fsp3) is 0.0597. The Morgan fingerprint density at radius 1 is 0.446 bits per heavy atom. The fourth-order valence-electron chi connectivity index (χ4n) is 9.58. The van der Waals surface area contributed by atoms with Crippen LogP contribution in [0.15, 0.2) is 241 Å². The number of aromatic nitrogens is 4. The van der Waals surface area contributed by atoms with Gasteiger partial charge in [-0.2, -0.15) is 0 Å². The zero-order chi connectivity index (χ0) is 48.8. The predicted molar refractivity (Wildman–Crippen MR) is 295 cm³/mol. The van der Waals surface area contributed by atoms with Crippen LogP contribution in [0.4, 0.5) is 0 Å². The molecule has 0 N–H and O–H groups in total. The van der Waals surface area contributed by atoms with E-state index in [-0.39, 0.29) is 20.1 Å². The summed E-state index contributed by atoms with van der Waals surface area (Å²) in [7, 11) is 0. The monoisotopic (exact) mass is 1130 g/mol. The molecule has 0 amide bonds. The summed E-state index contributed by atoms with van der Waals surface area (Å²) in [4.78, 5) is 14.0. The predicted octanol–water partition coefficient (Wildman–Crippen LogP) is 16.3. The summed E-state index contributed by atoms with van der Waals surface area (Å²) in [6.45, 7) is 0. The molecule has 6 nitrogen and oxygen atoms in total. The molecule has 7 heteroatoms. The van der Waals surface area contributed by atoms with Gasteiger partial charge in [0.15, 0.2) is 0 Å². The third kappa shape index (κ3) is 10.3. The van der Waals surface area contributed by atoms with Crippen LogP contribution in [-0.2, 0) is 45.8 Å². The second-order valence-corrected chi connectivity index (χ2v) is 18.0. The Hall–Kier alpha value is -8.74. The van der Waals surface area contributed by atoms with Gasteiger partial charge in [0.25, 0.3) is 0 Å². The first-order valence-electron chi connectivity index (χ1n) is 24.6. The molecule has 0 fully saturated rings. The van der Waals surface area contributed by atoms with Gasteiger partial charge in [0.05, 0.1) is 22.4 Å². The van der Waals surface area contributed by atoms with Gasteiger partial charge in [0.2, 0.25) is 0 Å². The van der Waals surface area contributed by atoms with Crippen molar-refractivity contribution >= 4 is 43.7 Å². The van der Waals surface area contributed by atoms with E-state index in [1.807, 2.05) is 116 Å². The number of hydrogen-bond donors (Lipinski definition) is 0. The van der Waals surface area contributed by atoms with Gasteiger partial charge < -0.3 is 23.7 Å². The van der Waals surface area contributed by atoms with Gasteiger partial charge in [-0.25, -0.2) is 0 Å². The Balaban J connectivity index is 0.000000161. The van der Waals surface area contributed by atoms with E-state index in [0.717, 1.165) is 115 Å². The minimum atomic E-state index is 0. The van der Waals surface area contributed by atoms with Gasteiger partial charge in [-0.15, -0.1) is 89.5 Å². The summed E-state index contributed by atoms with van der Waals surface area (Å²) in [5, 5.41) is 4.47. The summed E-state index contributed by atoms with van der Waals surface area (Å²) < 4.78 is 15.0. The molecule has 0 saturated heterocycles. The molecule has 0 atom stereocenters. The number of para-hydroxylation sites is 3. The number of fused-ring (bicyclic) bond motifs is 6. The smallest absolute Gasteiger partial charge is 0.500 e. The molecule has 0 unspecified atom stereocenters. The first-order chi connectivity index (χ1) is 36.2. The molecule has 9 aromatic carbocycles. The molecule has 4 heterocycles. The van der Waals surface area contributed by atoms with Crippen molar-refractivity contribution in [3.63, 3.8) is 0 Å². The number of nitrogens with zero attached hydrogens (tertiary/aromatic N) is 4. The Kier molecular flexibility index (Phi) is 14.1. The Labute approximate surface area is 444 Å². The molecule has 0 spiro atoms. The second-order valence-electron chi connectivity index (χ2n) is 18.0. The molecule has 0 aliphatic rings. The first kappa shape index (κ1) is 47.6. The van der Waals surface area contributed by atoms with Crippen molar-refractivity contribution in [3.05, 3.63) is 277 Å². The molecule has 13 rings (SSSR count). The van der Waals surface area contributed by atoms with Gasteiger partial charge in [-0.3, -0.25) is 4.98 Å². The van der Waals surface area contributed by atoms with Crippen LogP contribution in [0, 0.1) is 18.2 Å². The number of pyridine rings is 2. The maximum atomic E-state index is 6.55. The van der Waals surface area contributed by atoms with Crippen molar-refractivity contribution < 1.29 is 29.3 Å². The Morgan fingerprint density at radius 2 is 1.12 bits per heavy atom. The van der Waals surface area contributed by atoms with Crippen molar-refractivity contribution in [2.75, 3.05) is 0 Å². The normalized spacial score (nSPS) is 11.1. The van der Waals surface area contributed by atoms with Crippen LogP contribution >= 0.6 is 0 Å². The number of imidazole rings is 1. The van der Waals surface area contributed by atoms with Gasteiger partial charge in [0.1, 0.15) is 17.1 Å². The van der Waals surface area contributed by atoms with Crippen molar-refractivity contribution in [1.82, 2.24) is 19.5 Å². The van der Waals surface area contributed by atoms with Gasteiger partial charge in [0, 0.05) is 28.9 Å². The van der Waals surface area contributed by atoms with E-state index in [2.05, 4.69) is 154 Å². The summed E-state index contributed by atoms with van der Waals surface area (Å²) in [6, 6.07) is 86.5. The summed E-state index contributed by atoms with van der Waals surface area (Å²) in [6.07, 6.45) is 7.42. The van der Waals surface area contributed by atoms with Gasteiger partial charge in [-0.05, 0) is 114 Å². The molecule has 74 heavy (non-hydrogen) atoms. The largest absolute Gasteiger partial charge is 3.00 e. The van der Waals surface area contributed by atoms with Crippen molar-refractivity contribution in [2.45, 2.75) is 25.7 Å². The standard InChI is InChI=1S/C38H30N2O.C29H17N2O.Ir/c1-2-12-33(13-3-1)38-28-32(22-24-40-38)21-20-31-11-8-16-36(27-31)41-35-15-7-10-30(26-35)19-18-29-9-6-14-34(25-29)37-17-4-5-23-39-37;1-2-10-20(11-3-1)31-26-16-7-6-15-25(26)30-29(31)24-14-8-13-22-23-18-17-19-9-4-5-12-21(19)27(23)32-28(22)24;/h1-12,15-17,22-28H,18-21H2;1-13,15-18H;/q-2;-1;+3. The minimum Gasteiger partial charge on any atom is -0.500 e. The zero-order valence-electron chi connectivity index (χ0n) is 40.3. The van der Waals surface area contributed by atoms with E-state index in [1.165, 1.54) is 27.6 Å². The quantitative estimate of drug-likeness (QED) is 0.114. The third-order valence-electron chi connectivity index (χ3n) is 13.2. The van der Waals surface area contributed by atoms with Crippen molar-refractivity contribution in [1.29, 1.82) is 0 Å². The molecule has 356 valence electrons. The Morgan fingerprint density at radius 3 is 1.91 bits per heavy atom. The van der Waals surface area contributed by atoms with Crippen LogP contribution in [0.3, 0.4) is 0 Å². The molecule has 0 aliphatic heterocycles. The topological polar surface area (TPSA) is 66.0 Å². The number of benzene rings is 9. The average Bonchev–Trinajstić information content (AvgIpc) is 4.05. The summed E-state index contributed by atoms with van der Waals surface area (Å²) in [5.41, 5.74) is 14.6. The van der Waals surface area contributed by atoms with Gasteiger partial charge in [-0.1, -0.05) is 126 Å².